The van der Waals surface area contributed by atoms with Gasteiger partial charge in [0.05, 0.1) is 5.56 Å². The van der Waals surface area contributed by atoms with Crippen LogP contribution in [0.15, 0.2) is 27.4 Å². The number of rotatable bonds is 3. The predicted molar refractivity (Wildman–Crippen MR) is 69.3 cm³/mol. The lowest BCUT2D eigenvalue weighted by molar-refractivity contribution is 0.971. The maximum Gasteiger partial charge on any atom is 0.174 e. The van der Waals surface area contributed by atoms with Gasteiger partial charge >= 0.3 is 0 Å². The standard InChI is InChI=1S/C12H11N3S2/c1-3-11-14-12(17-15-11)16-10-6-8(2)4-5-9(10)7-13/h4-6H,3H2,1-2H3. The van der Waals surface area contributed by atoms with E-state index in [1.165, 1.54) is 23.3 Å². The summed E-state index contributed by atoms with van der Waals surface area (Å²) < 4.78 is 5.13. The van der Waals surface area contributed by atoms with Crippen molar-refractivity contribution in [2.24, 2.45) is 0 Å². The van der Waals surface area contributed by atoms with Crippen LogP contribution in [0.1, 0.15) is 23.9 Å². The van der Waals surface area contributed by atoms with E-state index in [1.807, 2.05) is 32.0 Å². The summed E-state index contributed by atoms with van der Waals surface area (Å²) in [7, 11) is 0. The largest absolute Gasteiger partial charge is 0.213 e. The second kappa shape index (κ2) is 5.30. The van der Waals surface area contributed by atoms with E-state index in [2.05, 4.69) is 15.4 Å². The second-order valence-electron chi connectivity index (χ2n) is 3.54. The molecule has 0 saturated heterocycles. The van der Waals surface area contributed by atoms with Crippen LogP contribution in [0, 0.1) is 18.3 Å². The van der Waals surface area contributed by atoms with E-state index in [0.717, 1.165) is 27.0 Å². The van der Waals surface area contributed by atoms with Gasteiger partial charge < -0.3 is 0 Å². The number of aryl methyl sites for hydroxylation is 2. The average Bonchev–Trinajstić information content (AvgIpc) is 2.77. The molecule has 0 unspecified atom stereocenters. The first-order chi connectivity index (χ1) is 8.22. The minimum atomic E-state index is 0.689. The average molecular weight is 261 g/mol. The van der Waals surface area contributed by atoms with Gasteiger partial charge in [-0.1, -0.05) is 24.8 Å². The van der Waals surface area contributed by atoms with Crippen LogP contribution in [0.4, 0.5) is 0 Å². The van der Waals surface area contributed by atoms with Crippen molar-refractivity contribution in [3.63, 3.8) is 0 Å². The third-order valence-corrected chi connectivity index (χ3v) is 4.07. The van der Waals surface area contributed by atoms with Crippen molar-refractivity contribution in [3.8, 4) is 6.07 Å². The molecule has 3 nitrogen and oxygen atoms in total. The first kappa shape index (κ1) is 12.1. The van der Waals surface area contributed by atoms with E-state index in [1.54, 1.807) is 0 Å². The molecule has 0 spiro atoms. The highest BCUT2D eigenvalue weighted by atomic mass is 32.2. The van der Waals surface area contributed by atoms with Gasteiger partial charge in [0, 0.05) is 11.3 Å². The molecule has 2 aromatic rings. The van der Waals surface area contributed by atoms with Crippen LogP contribution in [0.2, 0.25) is 0 Å². The molecule has 0 N–H and O–H groups in total. The zero-order valence-electron chi connectivity index (χ0n) is 9.60. The van der Waals surface area contributed by atoms with Gasteiger partial charge in [-0.25, -0.2) is 4.98 Å². The quantitative estimate of drug-likeness (QED) is 0.849. The van der Waals surface area contributed by atoms with Crippen molar-refractivity contribution in [1.29, 1.82) is 5.26 Å². The fraction of sp³-hybridized carbons (Fsp3) is 0.250. The van der Waals surface area contributed by atoms with Gasteiger partial charge in [-0.15, -0.1) is 0 Å². The van der Waals surface area contributed by atoms with Crippen LogP contribution in [0.3, 0.4) is 0 Å². The van der Waals surface area contributed by atoms with Crippen LogP contribution in [0.25, 0.3) is 0 Å². The molecule has 5 heteroatoms. The Morgan fingerprint density at radius 2 is 2.29 bits per heavy atom. The summed E-state index contributed by atoms with van der Waals surface area (Å²) in [5.41, 5.74) is 1.83. The Morgan fingerprint density at radius 3 is 2.94 bits per heavy atom. The van der Waals surface area contributed by atoms with Crippen molar-refractivity contribution >= 4 is 23.3 Å². The molecule has 0 aliphatic heterocycles. The zero-order chi connectivity index (χ0) is 12.3. The van der Waals surface area contributed by atoms with Crippen molar-refractivity contribution in [2.45, 2.75) is 29.5 Å². The lowest BCUT2D eigenvalue weighted by Crippen LogP contribution is -1.84. The maximum absolute atomic E-state index is 9.04. The Morgan fingerprint density at radius 1 is 1.47 bits per heavy atom. The predicted octanol–water partition coefficient (Wildman–Crippen LogP) is 3.43. The highest BCUT2D eigenvalue weighted by molar-refractivity contribution is 8.01. The van der Waals surface area contributed by atoms with Crippen molar-refractivity contribution < 1.29 is 0 Å². The fourth-order valence-corrected chi connectivity index (χ4v) is 3.16. The molecule has 86 valence electrons. The molecular weight excluding hydrogens is 250 g/mol. The molecule has 0 amide bonds. The number of aromatic nitrogens is 2. The van der Waals surface area contributed by atoms with Crippen LogP contribution in [-0.4, -0.2) is 9.36 Å². The first-order valence-electron chi connectivity index (χ1n) is 5.24. The van der Waals surface area contributed by atoms with Gasteiger partial charge in [-0.05, 0) is 36.2 Å². The number of benzene rings is 1. The van der Waals surface area contributed by atoms with Crippen molar-refractivity contribution in [1.82, 2.24) is 9.36 Å². The molecule has 1 heterocycles. The van der Waals surface area contributed by atoms with Crippen LogP contribution >= 0.6 is 23.3 Å². The van der Waals surface area contributed by atoms with Crippen LogP contribution in [-0.2, 0) is 6.42 Å². The highest BCUT2D eigenvalue weighted by Gasteiger charge is 2.08. The van der Waals surface area contributed by atoms with Crippen LogP contribution < -0.4 is 0 Å². The number of nitrogens with zero attached hydrogens (tertiary/aromatic N) is 3. The van der Waals surface area contributed by atoms with Crippen molar-refractivity contribution in [2.75, 3.05) is 0 Å². The molecule has 0 atom stereocenters. The van der Waals surface area contributed by atoms with E-state index in [9.17, 15) is 0 Å². The Balaban J connectivity index is 2.29. The molecule has 0 aliphatic rings. The molecule has 1 aromatic heterocycles. The number of hydrogen-bond acceptors (Lipinski definition) is 5. The van der Waals surface area contributed by atoms with Gasteiger partial charge in [0.2, 0.25) is 0 Å². The zero-order valence-corrected chi connectivity index (χ0v) is 11.2. The number of hydrogen-bond donors (Lipinski definition) is 0. The Bertz CT molecular complexity index is 569. The molecule has 17 heavy (non-hydrogen) atoms. The topological polar surface area (TPSA) is 49.6 Å². The van der Waals surface area contributed by atoms with Gasteiger partial charge in [-0.2, -0.15) is 9.64 Å². The summed E-state index contributed by atoms with van der Waals surface area (Å²) in [6, 6.07) is 8.00. The van der Waals surface area contributed by atoms with Gasteiger partial charge in [0.15, 0.2) is 4.34 Å². The van der Waals surface area contributed by atoms with E-state index in [0.29, 0.717) is 5.56 Å². The van der Waals surface area contributed by atoms with Crippen molar-refractivity contribution in [3.05, 3.63) is 35.2 Å². The third kappa shape index (κ3) is 2.84. The minimum absolute atomic E-state index is 0.689. The smallest absolute Gasteiger partial charge is 0.174 e. The van der Waals surface area contributed by atoms with Gasteiger partial charge in [0.25, 0.3) is 0 Å². The minimum Gasteiger partial charge on any atom is -0.213 e. The summed E-state index contributed by atoms with van der Waals surface area (Å²) in [5.74, 6) is 0.865. The summed E-state index contributed by atoms with van der Waals surface area (Å²) in [6.45, 7) is 4.05. The molecule has 0 fully saturated rings. The molecule has 0 saturated carbocycles. The van der Waals surface area contributed by atoms with Gasteiger partial charge in [0.1, 0.15) is 11.9 Å². The third-order valence-electron chi connectivity index (χ3n) is 2.22. The second-order valence-corrected chi connectivity index (χ2v) is 5.58. The van der Waals surface area contributed by atoms with Gasteiger partial charge in [-0.3, -0.25) is 0 Å². The normalized spacial score (nSPS) is 10.2. The molecule has 2 rings (SSSR count). The fourth-order valence-electron chi connectivity index (χ4n) is 1.32. The summed E-state index contributed by atoms with van der Waals surface area (Å²) in [4.78, 5) is 5.34. The Kier molecular flexibility index (Phi) is 3.77. The van der Waals surface area contributed by atoms with E-state index in [4.69, 9.17) is 5.26 Å². The SMILES string of the molecule is CCc1nsc(Sc2cc(C)ccc2C#N)n1. The number of nitriles is 1. The first-order valence-corrected chi connectivity index (χ1v) is 6.83. The monoisotopic (exact) mass is 261 g/mol. The van der Waals surface area contributed by atoms with E-state index < -0.39 is 0 Å². The summed E-state index contributed by atoms with van der Waals surface area (Å²) in [6.07, 6.45) is 0.843. The molecular formula is C12H11N3S2. The summed E-state index contributed by atoms with van der Waals surface area (Å²) in [5, 5.41) is 9.04. The van der Waals surface area contributed by atoms with E-state index >= 15 is 0 Å². The Labute approximate surface area is 109 Å². The molecule has 0 bridgehead atoms. The summed E-state index contributed by atoms with van der Waals surface area (Å²) >= 11 is 2.90. The van der Waals surface area contributed by atoms with E-state index in [-0.39, 0.29) is 0 Å². The molecule has 0 radical (unpaired) electrons. The van der Waals surface area contributed by atoms with Crippen LogP contribution in [0.5, 0.6) is 0 Å². The molecule has 0 aliphatic carbocycles. The molecule has 1 aromatic carbocycles. The lowest BCUT2D eigenvalue weighted by atomic mass is 10.2. The lowest BCUT2D eigenvalue weighted by Gasteiger charge is -2.01. The Hall–Kier alpha value is -1.38. The maximum atomic E-state index is 9.04. The highest BCUT2D eigenvalue weighted by Crippen LogP contribution is 2.32.